The van der Waals surface area contributed by atoms with E-state index in [0.29, 0.717) is 12.1 Å². The molecule has 2 rings (SSSR count). The molecular formula is C16H21N3O. The van der Waals surface area contributed by atoms with Gasteiger partial charge in [0.05, 0.1) is 17.0 Å². The first-order chi connectivity index (χ1) is 9.63. The number of nitrogens with two attached hydrogens (primary N) is 1. The SMILES string of the molecule is CN(C(=O)C1(CN)CCCCC1)c1ccc(C#N)cc1. The van der Waals surface area contributed by atoms with Crippen molar-refractivity contribution in [1.82, 2.24) is 0 Å². The zero-order valence-electron chi connectivity index (χ0n) is 11.9. The lowest BCUT2D eigenvalue weighted by Crippen LogP contribution is -2.48. The van der Waals surface area contributed by atoms with E-state index in [1.54, 1.807) is 24.1 Å². The summed E-state index contributed by atoms with van der Waals surface area (Å²) in [6.07, 6.45) is 5.09. The molecule has 1 fully saturated rings. The van der Waals surface area contributed by atoms with Crippen molar-refractivity contribution in [2.75, 3.05) is 18.5 Å². The average molecular weight is 271 g/mol. The minimum absolute atomic E-state index is 0.101. The van der Waals surface area contributed by atoms with Crippen molar-refractivity contribution in [1.29, 1.82) is 5.26 Å². The molecule has 1 aliphatic rings. The number of hydrogen-bond donors (Lipinski definition) is 1. The molecule has 1 aromatic rings. The molecule has 0 heterocycles. The second-order valence-corrected chi connectivity index (χ2v) is 5.57. The second kappa shape index (κ2) is 6.06. The van der Waals surface area contributed by atoms with Crippen molar-refractivity contribution < 1.29 is 4.79 Å². The molecule has 1 saturated carbocycles. The van der Waals surface area contributed by atoms with Gasteiger partial charge < -0.3 is 10.6 Å². The van der Waals surface area contributed by atoms with Gasteiger partial charge in [-0.05, 0) is 37.1 Å². The maximum Gasteiger partial charge on any atom is 0.234 e. The zero-order valence-corrected chi connectivity index (χ0v) is 11.9. The van der Waals surface area contributed by atoms with Crippen LogP contribution in [-0.4, -0.2) is 19.5 Å². The fourth-order valence-corrected chi connectivity index (χ4v) is 2.97. The van der Waals surface area contributed by atoms with Crippen LogP contribution in [0.3, 0.4) is 0 Å². The monoisotopic (exact) mass is 271 g/mol. The van der Waals surface area contributed by atoms with E-state index in [-0.39, 0.29) is 5.91 Å². The Bertz CT molecular complexity index is 510. The summed E-state index contributed by atoms with van der Waals surface area (Å²) < 4.78 is 0. The van der Waals surface area contributed by atoms with Crippen molar-refractivity contribution >= 4 is 11.6 Å². The maximum absolute atomic E-state index is 12.8. The summed E-state index contributed by atoms with van der Waals surface area (Å²) >= 11 is 0. The Morgan fingerprint density at radius 3 is 2.40 bits per heavy atom. The van der Waals surface area contributed by atoms with Gasteiger partial charge in [-0.2, -0.15) is 5.26 Å². The fraction of sp³-hybridized carbons (Fsp3) is 0.500. The molecule has 1 aliphatic carbocycles. The van der Waals surface area contributed by atoms with E-state index in [1.165, 1.54) is 6.42 Å². The Kier molecular flexibility index (Phi) is 4.41. The molecule has 0 unspecified atom stereocenters. The van der Waals surface area contributed by atoms with Crippen LogP contribution in [0, 0.1) is 16.7 Å². The number of anilines is 1. The van der Waals surface area contributed by atoms with Crippen LogP contribution in [0.25, 0.3) is 0 Å². The summed E-state index contributed by atoms with van der Waals surface area (Å²) in [6, 6.07) is 9.16. The van der Waals surface area contributed by atoms with Crippen LogP contribution in [-0.2, 0) is 4.79 Å². The first-order valence-corrected chi connectivity index (χ1v) is 7.11. The lowest BCUT2D eigenvalue weighted by molar-refractivity contribution is -0.129. The molecule has 1 amide bonds. The first-order valence-electron chi connectivity index (χ1n) is 7.11. The van der Waals surface area contributed by atoms with Crippen molar-refractivity contribution in [2.45, 2.75) is 32.1 Å². The van der Waals surface area contributed by atoms with Crippen LogP contribution in [0.4, 0.5) is 5.69 Å². The van der Waals surface area contributed by atoms with Gasteiger partial charge in [-0.15, -0.1) is 0 Å². The highest BCUT2D eigenvalue weighted by Gasteiger charge is 2.40. The van der Waals surface area contributed by atoms with Gasteiger partial charge in [-0.1, -0.05) is 19.3 Å². The number of benzene rings is 1. The molecule has 0 saturated heterocycles. The fourth-order valence-electron chi connectivity index (χ4n) is 2.97. The molecule has 4 heteroatoms. The topological polar surface area (TPSA) is 70.1 Å². The molecular weight excluding hydrogens is 250 g/mol. The van der Waals surface area contributed by atoms with Crippen LogP contribution in [0.5, 0.6) is 0 Å². The van der Waals surface area contributed by atoms with Crippen LogP contribution in [0.1, 0.15) is 37.7 Å². The van der Waals surface area contributed by atoms with Crippen molar-refractivity contribution in [3.05, 3.63) is 29.8 Å². The Hall–Kier alpha value is -1.86. The highest BCUT2D eigenvalue weighted by molar-refractivity contribution is 5.97. The predicted octanol–water partition coefficient (Wildman–Crippen LogP) is 2.43. The number of carbonyl (C=O) groups is 1. The third-order valence-corrected chi connectivity index (χ3v) is 4.34. The summed E-state index contributed by atoms with van der Waals surface area (Å²) in [5, 5.41) is 8.81. The molecule has 0 radical (unpaired) electrons. The molecule has 0 atom stereocenters. The molecule has 1 aromatic carbocycles. The molecule has 0 bridgehead atoms. The van der Waals surface area contributed by atoms with Gasteiger partial charge in [-0.3, -0.25) is 4.79 Å². The van der Waals surface area contributed by atoms with E-state index in [1.807, 2.05) is 12.1 Å². The van der Waals surface area contributed by atoms with E-state index in [9.17, 15) is 4.79 Å². The number of nitriles is 1. The number of amides is 1. The van der Waals surface area contributed by atoms with E-state index >= 15 is 0 Å². The molecule has 0 aromatic heterocycles. The standard InChI is InChI=1S/C16H21N3O/c1-19(14-7-5-13(11-17)6-8-14)15(20)16(12-18)9-3-2-4-10-16/h5-8H,2-4,9-10,12,18H2,1H3. The summed E-state index contributed by atoms with van der Waals surface area (Å²) in [5.74, 6) is 0.101. The van der Waals surface area contributed by atoms with E-state index in [2.05, 4.69) is 6.07 Å². The van der Waals surface area contributed by atoms with Gasteiger partial charge in [0, 0.05) is 19.3 Å². The summed E-state index contributed by atoms with van der Waals surface area (Å²) in [5.41, 5.74) is 6.92. The Balaban J connectivity index is 2.20. The highest BCUT2D eigenvalue weighted by Crippen LogP contribution is 2.37. The molecule has 0 aliphatic heterocycles. The van der Waals surface area contributed by atoms with Crippen molar-refractivity contribution in [2.24, 2.45) is 11.1 Å². The summed E-state index contributed by atoms with van der Waals surface area (Å²) in [7, 11) is 1.79. The minimum Gasteiger partial charge on any atom is -0.329 e. The van der Waals surface area contributed by atoms with Crippen LogP contribution in [0.15, 0.2) is 24.3 Å². The molecule has 2 N–H and O–H groups in total. The number of hydrogen-bond acceptors (Lipinski definition) is 3. The highest BCUT2D eigenvalue weighted by atomic mass is 16.2. The van der Waals surface area contributed by atoms with Gasteiger partial charge in [0.15, 0.2) is 0 Å². The molecule has 0 spiro atoms. The van der Waals surface area contributed by atoms with Gasteiger partial charge in [0.1, 0.15) is 0 Å². The molecule has 4 nitrogen and oxygen atoms in total. The lowest BCUT2D eigenvalue weighted by atomic mass is 9.73. The number of rotatable bonds is 3. The number of carbonyl (C=O) groups excluding carboxylic acids is 1. The Morgan fingerprint density at radius 1 is 1.30 bits per heavy atom. The third-order valence-electron chi connectivity index (χ3n) is 4.34. The number of nitrogens with zero attached hydrogens (tertiary/aromatic N) is 2. The van der Waals surface area contributed by atoms with Gasteiger partial charge >= 0.3 is 0 Å². The van der Waals surface area contributed by atoms with Crippen molar-refractivity contribution in [3.63, 3.8) is 0 Å². The zero-order chi connectivity index (χ0) is 14.6. The van der Waals surface area contributed by atoms with E-state index in [4.69, 9.17) is 11.0 Å². The lowest BCUT2D eigenvalue weighted by Gasteiger charge is -2.37. The first kappa shape index (κ1) is 14.5. The normalized spacial score (nSPS) is 17.2. The van der Waals surface area contributed by atoms with Crippen LogP contribution >= 0.6 is 0 Å². The summed E-state index contributed by atoms with van der Waals surface area (Å²) in [4.78, 5) is 14.5. The average Bonchev–Trinajstić information content (AvgIpc) is 2.54. The predicted molar refractivity (Wildman–Crippen MR) is 79.1 cm³/mol. The van der Waals surface area contributed by atoms with Crippen LogP contribution < -0.4 is 10.6 Å². The minimum atomic E-state index is -0.402. The third kappa shape index (κ3) is 2.68. The quantitative estimate of drug-likeness (QED) is 0.917. The summed E-state index contributed by atoms with van der Waals surface area (Å²) in [6.45, 7) is 0.409. The molecule has 106 valence electrons. The second-order valence-electron chi connectivity index (χ2n) is 5.57. The van der Waals surface area contributed by atoms with E-state index in [0.717, 1.165) is 31.4 Å². The van der Waals surface area contributed by atoms with Gasteiger partial charge in [0.2, 0.25) is 5.91 Å². The van der Waals surface area contributed by atoms with Gasteiger partial charge in [-0.25, -0.2) is 0 Å². The van der Waals surface area contributed by atoms with Crippen LogP contribution in [0.2, 0.25) is 0 Å². The van der Waals surface area contributed by atoms with Crippen molar-refractivity contribution in [3.8, 4) is 6.07 Å². The smallest absolute Gasteiger partial charge is 0.234 e. The largest absolute Gasteiger partial charge is 0.329 e. The molecule has 20 heavy (non-hydrogen) atoms. The van der Waals surface area contributed by atoms with Gasteiger partial charge in [0.25, 0.3) is 0 Å². The van der Waals surface area contributed by atoms with E-state index < -0.39 is 5.41 Å². The maximum atomic E-state index is 12.8. The Labute approximate surface area is 120 Å². The Morgan fingerprint density at radius 2 is 1.90 bits per heavy atom.